The molecule has 0 radical (unpaired) electrons. The molecule has 0 aliphatic rings. The zero-order valence-corrected chi connectivity index (χ0v) is 17.0. The Bertz CT molecular complexity index is 1170. The van der Waals surface area contributed by atoms with Crippen LogP contribution in [0.15, 0.2) is 54.7 Å². The molecule has 29 heavy (non-hydrogen) atoms. The summed E-state index contributed by atoms with van der Waals surface area (Å²) in [5, 5.41) is 0.544. The predicted octanol–water partition coefficient (Wildman–Crippen LogP) is 2.54. The second-order valence-electron chi connectivity index (χ2n) is 6.28. The maximum Gasteiger partial charge on any atom is 0.340 e. The maximum atomic E-state index is 13.0. The number of rotatable bonds is 6. The smallest absolute Gasteiger partial charge is 0.340 e. The van der Waals surface area contributed by atoms with Crippen molar-refractivity contribution in [2.75, 3.05) is 31.3 Å². The Morgan fingerprint density at radius 2 is 1.69 bits per heavy atom. The number of methoxy groups -OCH3 is 2. The van der Waals surface area contributed by atoms with Crippen LogP contribution < -0.4 is 9.04 Å². The molecule has 3 aromatic rings. The van der Waals surface area contributed by atoms with E-state index in [1.54, 1.807) is 48.5 Å². The van der Waals surface area contributed by atoms with Gasteiger partial charge in [0.15, 0.2) is 0 Å². The van der Waals surface area contributed by atoms with Gasteiger partial charge in [-0.1, -0.05) is 18.2 Å². The van der Waals surface area contributed by atoms with Crippen LogP contribution in [0.4, 0.5) is 5.69 Å². The summed E-state index contributed by atoms with van der Waals surface area (Å²) in [5.41, 5.74) is 1.04. The molecular weight excluding hydrogens is 396 g/mol. The van der Waals surface area contributed by atoms with Crippen LogP contribution in [-0.2, 0) is 14.8 Å². The third kappa shape index (κ3) is 4.09. The van der Waals surface area contributed by atoms with Crippen LogP contribution in [0.25, 0.3) is 10.9 Å². The highest BCUT2D eigenvalue weighted by molar-refractivity contribution is 7.92. The van der Waals surface area contributed by atoms with Gasteiger partial charge in [-0.2, -0.15) is 0 Å². The van der Waals surface area contributed by atoms with Crippen LogP contribution in [0.3, 0.4) is 0 Å². The summed E-state index contributed by atoms with van der Waals surface area (Å²) in [4.78, 5) is 25.1. The lowest BCUT2D eigenvalue weighted by Gasteiger charge is -2.22. The number of ether oxygens (including phenoxy) is 2. The molecule has 0 unspecified atom stereocenters. The third-order valence-corrected chi connectivity index (χ3v) is 5.57. The quantitative estimate of drug-likeness (QED) is 0.573. The van der Waals surface area contributed by atoms with Gasteiger partial charge in [-0.05, 0) is 30.3 Å². The minimum atomic E-state index is -3.74. The molecule has 0 amide bonds. The van der Waals surface area contributed by atoms with Crippen molar-refractivity contribution in [1.29, 1.82) is 0 Å². The second-order valence-corrected chi connectivity index (χ2v) is 8.19. The Morgan fingerprint density at radius 1 is 1.03 bits per heavy atom. The molecule has 0 spiro atoms. The number of hydrogen-bond acceptors (Lipinski definition) is 6. The number of nitrogens with zero attached hydrogens (tertiary/aromatic N) is 2. The summed E-state index contributed by atoms with van der Waals surface area (Å²) in [6, 6.07) is 13.2. The molecule has 9 heteroatoms. The molecule has 0 saturated heterocycles. The number of aromatic nitrogens is 1. The highest BCUT2D eigenvalue weighted by atomic mass is 32.2. The highest BCUT2D eigenvalue weighted by Crippen LogP contribution is 2.24. The van der Waals surface area contributed by atoms with E-state index in [4.69, 9.17) is 9.47 Å². The van der Waals surface area contributed by atoms with Gasteiger partial charge in [-0.3, -0.25) is 13.7 Å². The fraction of sp³-hybridized carbons (Fsp3) is 0.200. The molecule has 0 atom stereocenters. The van der Waals surface area contributed by atoms with Gasteiger partial charge in [-0.15, -0.1) is 0 Å². The number of carbonyl (C=O) groups excluding carboxylic acids is 2. The van der Waals surface area contributed by atoms with Gasteiger partial charge in [0.1, 0.15) is 12.3 Å². The van der Waals surface area contributed by atoms with Crippen LogP contribution in [0.2, 0.25) is 0 Å². The minimum Gasteiger partial charge on any atom is -0.497 e. The Kier molecular flexibility index (Phi) is 5.60. The topological polar surface area (TPSA) is 94.9 Å². The van der Waals surface area contributed by atoms with Crippen molar-refractivity contribution < 1.29 is 27.5 Å². The van der Waals surface area contributed by atoms with Gasteiger partial charge in [0.05, 0.1) is 37.2 Å². The SMILES string of the molecule is COC(=O)c1cn(C(=O)CN(c2ccc(OC)cc2)S(C)(=O)=O)c2ccccc12. The summed E-state index contributed by atoms with van der Waals surface area (Å²) in [5.74, 6) is -0.534. The lowest BCUT2D eigenvalue weighted by Crippen LogP contribution is -2.36. The van der Waals surface area contributed by atoms with E-state index in [0.717, 1.165) is 10.6 Å². The average molecular weight is 416 g/mol. The predicted molar refractivity (Wildman–Crippen MR) is 109 cm³/mol. The lowest BCUT2D eigenvalue weighted by molar-refractivity contribution is 0.0603. The normalized spacial score (nSPS) is 11.3. The van der Waals surface area contributed by atoms with E-state index >= 15 is 0 Å². The summed E-state index contributed by atoms with van der Waals surface area (Å²) in [6.07, 6.45) is 2.39. The molecule has 3 rings (SSSR count). The summed E-state index contributed by atoms with van der Waals surface area (Å²) in [7, 11) is -0.983. The molecule has 1 aromatic heterocycles. The van der Waals surface area contributed by atoms with Crippen molar-refractivity contribution in [2.45, 2.75) is 0 Å². The average Bonchev–Trinajstić information content (AvgIpc) is 3.10. The van der Waals surface area contributed by atoms with Gasteiger partial charge in [0.25, 0.3) is 5.91 Å². The number of esters is 1. The molecule has 0 fully saturated rings. The Hall–Kier alpha value is -3.33. The van der Waals surface area contributed by atoms with Crippen molar-refractivity contribution in [3.05, 3.63) is 60.3 Å². The van der Waals surface area contributed by atoms with Crippen LogP contribution in [0.5, 0.6) is 5.75 Å². The van der Waals surface area contributed by atoms with Crippen LogP contribution in [-0.4, -0.2) is 51.9 Å². The first-order chi connectivity index (χ1) is 13.8. The van der Waals surface area contributed by atoms with E-state index in [0.29, 0.717) is 22.3 Å². The van der Waals surface area contributed by atoms with Gasteiger partial charge in [0, 0.05) is 11.6 Å². The molecule has 2 aromatic carbocycles. The van der Waals surface area contributed by atoms with Crippen LogP contribution in [0.1, 0.15) is 15.2 Å². The van der Waals surface area contributed by atoms with Gasteiger partial charge < -0.3 is 9.47 Å². The highest BCUT2D eigenvalue weighted by Gasteiger charge is 2.24. The molecule has 0 saturated carbocycles. The van der Waals surface area contributed by atoms with Crippen molar-refractivity contribution >= 4 is 38.5 Å². The zero-order valence-electron chi connectivity index (χ0n) is 16.2. The number of hydrogen-bond donors (Lipinski definition) is 0. The fourth-order valence-corrected chi connectivity index (χ4v) is 3.86. The number of carbonyl (C=O) groups is 2. The molecule has 0 aliphatic carbocycles. The molecule has 1 heterocycles. The first kappa shape index (κ1) is 20.4. The second kappa shape index (κ2) is 7.96. The van der Waals surface area contributed by atoms with Crippen molar-refractivity contribution in [3.63, 3.8) is 0 Å². The Labute approximate surface area is 168 Å². The van der Waals surface area contributed by atoms with Crippen molar-refractivity contribution in [1.82, 2.24) is 4.57 Å². The number of benzene rings is 2. The minimum absolute atomic E-state index is 0.229. The Balaban J connectivity index is 2.01. The van der Waals surface area contributed by atoms with Crippen molar-refractivity contribution in [2.24, 2.45) is 0 Å². The largest absolute Gasteiger partial charge is 0.497 e. The van der Waals surface area contributed by atoms with Crippen LogP contribution in [0, 0.1) is 0 Å². The van der Waals surface area contributed by atoms with E-state index in [9.17, 15) is 18.0 Å². The first-order valence-electron chi connectivity index (χ1n) is 8.59. The molecule has 0 aliphatic heterocycles. The number of anilines is 1. The number of sulfonamides is 1. The number of para-hydroxylation sites is 1. The van der Waals surface area contributed by atoms with Crippen molar-refractivity contribution in [3.8, 4) is 5.75 Å². The standard InChI is InChI=1S/C20H20N2O6S/c1-27-15-10-8-14(9-11-15)22(29(3,25)26)13-19(23)21-12-17(20(24)28-2)16-6-4-5-7-18(16)21/h4-12H,13H2,1-3H3. The maximum absolute atomic E-state index is 13.0. The summed E-state index contributed by atoms with van der Waals surface area (Å²) < 4.78 is 36.8. The van der Waals surface area contributed by atoms with Gasteiger partial charge in [0.2, 0.25) is 10.0 Å². The summed E-state index contributed by atoms with van der Waals surface area (Å²) >= 11 is 0. The van der Waals surface area contributed by atoms with E-state index in [2.05, 4.69) is 0 Å². The summed E-state index contributed by atoms with van der Waals surface area (Å²) in [6.45, 7) is -0.440. The zero-order chi connectivity index (χ0) is 21.2. The van der Waals surface area contributed by atoms with Crippen LogP contribution >= 0.6 is 0 Å². The van der Waals surface area contributed by atoms with E-state index in [1.807, 2.05) is 0 Å². The van der Waals surface area contributed by atoms with E-state index in [1.165, 1.54) is 25.0 Å². The molecule has 8 nitrogen and oxygen atoms in total. The Morgan fingerprint density at radius 3 is 2.28 bits per heavy atom. The van der Waals surface area contributed by atoms with Gasteiger partial charge in [-0.25, -0.2) is 13.2 Å². The van der Waals surface area contributed by atoms with E-state index in [-0.39, 0.29) is 5.56 Å². The molecular formula is C20H20N2O6S. The first-order valence-corrected chi connectivity index (χ1v) is 10.4. The van der Waals surface area contributed by atoms with Gasteiger partial charge >= 0.3 is 5.97 Å². The monoisotopic (exact) mass is 416 g/mol. The third-order valence-electron chi connectivity index (χ3n) is 4.43. The van der Waals surface area contributed by atoms with E-state index < -0.39 is 28.4 Å². The molecule has 0 bridgehead atoms. The molecule has 152 valence electrons. The lowest BCUT2D eigenvalue weighted by atomic mass is 10.2. The number of fused-ring (bicyclic) bond motifs is 1. The fourth-order valence-electron chi connectivity index (χ4n) is 3.01. The molecule has 0 N–H and O–H groups in total.